The molecular weight excluding hydrogens is 248 g/mol. The Hall–Kier alpha value is -1.65. The minimum Gasteiger partial charge on any atom is -0.469 e. The molecule has 0 aromatic carbocycles. The average Bonchev–Trinajstić information content (AvgIpc) is 2.66. The van der Waals surface area contributed by atoms with Crippen LogP contribution < -0.4 is 0 Å². The maximum absolute atomic E-state index is 11.6. The van der Waals surface area contributed by atoms with Crippen molar-refractivity contribution in [3.8, 4) is 0 Å². The van der Waals surface area contributed by atoms with E-state index in [4.69, 9.17) is 0 Å². The second-order valence-corrected chi connectivity index (χ2v) is 4.52. The first-order valence-corrected chi connectivity index (χ1v) is 6.65. The van der Waals surface area contributed by atoms with Crippen LogP contribution in [0.5, 0.6) is 0 Å². The van der Waals surface area contributed by atoms with E-state index in [1.54, 1.807) is 0 Å². The first-order valence-electron chi connectivity index (χ1n) is 6.65. The molecule has 0 radical (unpaired) electrons. The van der Waals surface area contributed by atoms with Crippen LogP contribution in [0, 0.1) is 0 Å². The molecule has 1 aliphatic rings. The lowest BCUT2D eigenvalue weighted by Crippen LogP contribution is -2.05. The summed E-state index contributed by atoms with van der Waals surface area (Å²) < 4.78 is 9.13. The molecule has 0 saturated carbocycles. The Morgan fingerprint density at radius 2 is 1.68 bits per heavy atom. The lowest BCUT2D eigenvalue weighted by molar-refractivity contribution is -0.151. The molecule has 0 aliphatic carbocycles. The summed E-state index contributed by atoms with van der Waals surface area (Å²) >= 11 is 0. The van der Waals surface area contributed by atoms with Gasteiger partial charge in [-0.05, 0) is 19.3 Å². The number of methoxy groups -OCH3 is 1. The summed E-state index contributed by atoms with van der Waals surface area (Å²) in [4.78, 5) is 34.2. The van der Waals surface area contributed by atoms with E-state index < -0.39 is 17.9 Å². The van der Waals surface area contributed by atoms with E-state index in [2.05, 4.69) is 16.4 Å². The van der Waals surface area contributed by atoms with Crippen molar-refractivity contribution in [1.82, 2.24) is 0 Å². The summed E-state index contributed by atoms with van der Waals surface area (Å²) in [6.45, 7) is 2.11. The van der Waals surface area contributed by atoms with Gasteiger partial charge < -0.3 is 9.47 Å². The number of ether oxygens (including phenoxy) is 2. The van der Waals surface area contributed by atoms with E-state index in [9.17, 15) is 14.4 Å². The van der Waals surface area contributed by atoms with Crippen LogP contribution in [0.2, 0.25) is 0 Å². The highest BCUT2D eigenvalue weighted by molar-refractivity contribution is 6.12. The van der Waals surface area contributed by atoms with Crippen molar-refractivity contribution in [3.63, 3.8) is 0 Å². The molecule has 0 amide bonds. The van der Waals surface area contributed by atoms with Crippen LogP contribution in [0.1, 0.15) is 51.9 Å². The zero-order valence-electron chi connectivity index (χ0n) is 11.5. The molecule has 1 heterocycles. The van der Waals surface area contributed by atoms with Crippen molar-refractivity contribution in [2.45, 2.75) is 51.9 Å². The quantitative estimate of drug-likeness (QED) is 0.384. The van der Waals surface area contributed by atoms with Crippen LogP contribution in [-0.2, 0) is 23.9 Å². The van der Waals surface area contributed by atoms with Crippen LogP contribution in [0.25, 0.3) is 0 Å². The summed E-state index contributed by atoms with van der Waals surface area (Å²) in [7, 11) is 1.29. The third-order valence-corrected chi connectivity index (χ3v) is 3.13. The second-order valence-electron chi connectivity index (χ2n) is 4.52. The van der Waals surface area contributed by atoms with Gasteiger partial charge in [-0.15, -0.1) is 0 Å². The molecule has 0 spiro atoms. The van der Waals surface area contributed by atoms with Gasteiger partial charge in [-0.3, -0.25) is 4.79 Å². The predicted octanol–water partition coefficient (Wildman–Crippen LogP) is 2.29. The maximum atomic E-state index is 11.6. The zero-order chi connectivity index (χ0) is 14.3. The fraction of sp³-hybridized carbons (Fsp3) is 0.643. The molecule has 0 N–H and O–H groups in total. The van der Waals surface area contributed by atoms with E-state index in [0.717, 1.165) is 25.7 Å². The number of carbonyl (C=O) groups is 3. The SMILES string of the molecule is CCCCCCC1=C(CCC(=O)OC)C(=O)OC1=O. The standard InChI is InChI=1S/C14H20O5/c1-3-4-5-6-7-10-11(8-9-12(15)18-2)14(17)19-13(10)16/h3-9H2,1-2H3. The largest absolute Gasteiger partial charge is 0.469 e. The highest BCUT2D eigenvalue weighted by Crippen LogP contribution is 2.26. The molecule has 0 atom stereocenters. The summed E-state index contributed by atoms with van der Waals surface area (Å²) in [5.41, 5.74) is 0.775. The Bertz CT molecular complexity index is 395. The number of cyclic esters (lactones) is 2. The van der Waals surface area contributed by atoms with Crippen molar-refractivity contribution >= 4 is 17.9 Å². The number of hydrogen-bond donors (Lipinski definition) is 0. The summed E-state index contributed by atoms with van der Waals surface area (Å²) in [5.74, 6) is -1.56. The summed E-state index contributed by atoms with van der Waals surface area (Å²) in [5, 5.41) is 0. The van der Waals surface area contributed by atoms with Crippen LogP contribution >= 0.6 is 0 Å². The van der Waals surface area contributed by atoms with Gasteiger partial charge >= 0.3 is 17.9 Å². The Balaban J connectivity index is 2.62. The molecular formula is C14H20O5. The van der Waals surface area contributed by atoms with Gasteiger partial charge in [-0.2, -0.15) is 0 Å². The molecule has 0 fully saturated rings. The van der Waals surface area contributed by atoms with Crippen LogP contribution in [-0.4, -0.2) is 25.0 Å². The fourth-order valence-corrected chi connectivity index (χ4v) is 2.02. The van der Waals surface area contributed by atoms with Gasteiger partial charge in [-0.1, -0.05) is 26.2 Å². The maximum Gasteiger partial charge on any atom is 0.342 e. The normalized spacial score (nSPS) is 14.8. The smallest absolute Gasteiger partial charge is 0.342 e. The first kappa shape index (κ1) is 15.4. The van der Waals surface area contributed by atoms with Crippen molar-refractivity contribution in [3.05, 3.63) is 11.1 Å². The molecule has 19 heavy (non-hydrogen) atoms. The monoisotopic (exact) mass is 268 g/mol. The molecule has 0 unspecified atom stereocenters. The lowest BCUT2D eigenvalue weighted by atomic mass is 10.00. The van der Waals surface area contributed by atoms with E-state index in [1.165, 1.54) is 7.11 Å². The molecule has 5 heteroatoms. The highest BCUT2D eigenvalue weighted by Gasteiger charge is 2.32. The zero-order valence-corrected chi connectivity index (χ0v) is 11.5. The number of esters is 3. The van der Waals surface area contributed by atoms with Gasteiger partial charge in [-0.25, -0.2) is 9.59 Å². The minimum atomic E-state index is -0.612. The molecule has 0 aromatic rings. The number of rotatable bonds is 8. The molecule has 5 nitrogen and oxygen atoms in total. The Morgan fingerprint density at radius 3 is 2.26 bits per heavy atom. The first-order chi connectivity index (χ1) is 9.10. The van der Waals surface area contributed by atoms with Crippen molar-refractivity contribution in [2.24, 2.45) is 0 Å². The van der Waals surface area contributed by atoms with Crippen molar-refractivity contribution in [1.29, 1.82) is 0 Å². The van der Waals surface area contributed by atoms with Crippen LogP contribution in [0.15, 0.2) is 11.1 Å². The fourth-order valence-electron chi connectivity index (χ4n) is 2.02. The molecule has 0 bridgehead atoms. The van der Waals surface area contributed by atoms with E-state index in [0.29, 0.717) is 17.6 Å². The molecule has 0 aromatic heterocycles. The van der Waals surface area contributed by atoms with Gasteiger partial charge in [0.2, 0.25) is 0 Å². The van der Waals surface area contributed by atoms with Crippen LogP contribution in [0.3, 0.4) is 0 Å². The van der Waals surface area contributed by atoms with Crippen LogP contribution in [0.4, 0.5) is 0 Å². The van der Waals surface area contributed by atoms with E-state index in [1.807, 2.05) is 0 Å². The number of carbonyl (C=O) groups excluding carboxylic acids is 3. The Kier molecular flexibility index (Phi) is 6.25. The topological polar surface area (TPSA) is 69.7 Å². The average molecular weight is 268 g/mol. The van der Waals surface area contributed by atoms with Gasteiger partial charge in [0.1, 0.15) is 0 Å². The lowest BCUT2D eigenvalue weighted by Gasteiger charge is -2.02. The van der Waals surface area contributed by atoms with Crippen molar-refractivity contribution < 1.29 is 23.9 Å². The van der Waals surface area contributed by atoms with Gasteiger partial charge in [0.15, 0.2) is 0 Å². The second kappa shape index (κ2) is 7.71. The Morgan fingerprint density at radius 1 is 1.05 bits per heavy atom. The van der Waals surface area contributed by atoms with Crippen molar-refractivity contribution in [2.75, 3.05) is 7.11 Å². The third kappa shape index (κ3) is 4.50. The summed E-state index contributed by atoms with van der Waals surface area (Å²) in [6, 6.07) is 0. The third-order valence-electron chi connectivity index (χ3n) is 3.13. The molecule has 1 rings (SSSR count). The van der Waals surface area contributed by atoms with E-state index in [-0.39, 0.29) is 12.8 Å². The van der Waals surface area contributed by atoms with Gasteiger partial charge in [0, 0.05) is 17.6 Å². The minimum absolute atomic E-state index is 0.0900. The van der Waals surface area contributed by atoms with E-state index >= 15 is 0 Å². The molecule has 0 saturated heterocycles. The molecule has 1 aliphatic heterocycles. The molecule has 106 valence electrons. The number of unbranched alkanes of at least 4 members (excludes halogenated alkanes) is 3. The highest BCUT2D eigenvalue weighted by atomic mass is 16.6. The van der Waals surface area contributed by atoms with Gasteiger partial charge in [0.05, 0.1) is 7.11 Å². The summed E-state index contributed by atoms with van der Waals surface area (Å²) in [6.07, 6.45) is 4.93. The van der Waals surface area contributed by atoms with Gasteiger partial charge in [0.25, 0.3) is 0 Å². The Labute approximate surface area is 112 Å². The number of hydrogen-bond acceptors (Lipinski definition) is 5. The predicted molar refractivity (Wildman–Crippen MR) is 68.1 cm³/mol.